The number of hydrogen-bond donors (Lipinski definition) is 2. The van der Waals surface area contributed by atoms with Crippen LogP contribution in [-0.2, 0) is 6.54 Å². The van der Waals surface area contributed by atoms with Crippen molar-refractivity contribution in [2.24, 2.45) is 5.73 Å². The van der Waals surface area contributed by atoms with Gasteiger partial charge in [-0.05, 0) is 0 Å². The molecule has 0 amide bonds. The third-order valence-electron chi connectivity index (χ3n) is 1.63. The lowest BCUT2D eigenvalue weighted by molar-refractivity contribution is -0.737. The van der Waals surface area contributed by atoms with Gasteiger partial charge < -0.3 is 23.1 Å². The molecule has 0 aliphatic rings. The molecule has 0 saturated heterocycles. The number of aromatic nitrogens is 2. The Morgan fingerprint density at radius 2 is 2.29 bits per heavy atom. The average Bonchev–Trinajstić information content (AvgIpc) is 2.34. The van der Waals surface area contributed by atoms with Crippen molar-refractivity contribution in [3.63, 3.8) is 0 Å². The molecule has 0 fully saturated rings. The Hall–Kier alpha value is -0.850. The van der Waals surface area contributed by atoms with E-state index < -0.39 is 4.92 Å². The van der Waals surface area contributed by atoms with Gasteiger partial charge in [-0.25, -0.2) is 0 Å². The summed E-state index contributed by atoms with van der Waals surface area (Å²) in [6.45, 7) is 2.62. The third kappa shape index (κ3) is 3.13. The van der Waals surface area contributed by atoms with Crippen molar-refractivity contribution in [2.45, 2.75) is 13.5 Å². The summed E-state index contributed by atoms with van der Waals surface area (Å²) >= 11 is 0. The molecule has 0 saturated carbocycles. The van der Waals surface area contributed by atoms with Gasteiger partial charge in [-0.2, -0.15) is 0 Å². The van der Waals surface area contributed by atoms with E-state index in [0.717, 1.165) is 5.82 Å². The molecule has 0 aliphatic carbocycles. The van der Waals surface area contributed by atoms with Crippen molar-refractivity contribution in [2.75, 3.05) is 6.54 Å². The summed E-state index contributed by atoms with van der Waals surface area (Å²) in [6.07, 6.45) is 1.37. The van der Waals surface area contributed by atoms with Crippen LogP contribution >= 0.6 is 12.4 Å². The van der Waals surface area contributed by atoms with Crippen LogP contribution in [0.25, 0.3) is 0 Å². The minimum atomic E-state index is -0.431. The Bertz CT molecular complexity index is 302. The van der Waals surface area contributed by atoms with Gasteiger partial charge in [-0.3, -0.25) is 10.1 Å². The molecule has 82 valence electrons. The van der Waals surface area contributed by atoms with Gasteiger partial charge in [0.25, 0.3) is 5.82 Å². The van der Waals surface area contributed by atoms with Crippen molar-refractivity contribution >= 4 is 18.2 Å². The van der Waals surface area contributed by atoms with E-state index in [1.54, 1.807) is 11.5 Å². The summed E-state index contributed by atoms with van der Waals surface area (Å²) in [4.78, 5) is 12.8. The van der Waals surface area contributed by atoms with E-state index in [1.165, 1.54) is 6.20 Å². The van der Waals surface area contributed by atoms with Crippen LogP contribution in [0, 0.1) is 17.0 Å². The van der Waals surface area contributed by atoms with Gasteiger partial charge in [0.2, 0.25) is 0 Å². The smallest absolute Gasteiger partial charge is 0.519 e. The second-order valence-corrected chi connectivity index (χ2v) is 2.43. The maximum absolute atomic E-state index is 10.4. The second kappa shape index (κ2) is 6.58. The monoisotopic (exact) mass is 242 g/mol. The summed E-state index contributed by atoms with van der Waals surface area (Å²) in [5.74, 6) is 0.796. The standard InChI is InChI=1S/C6H10N4O2.2ClH/c1-5-8-4-6(10(11)12)9(5)3-2-7;;/h4H,2-3,7H2,1H3;2*1H. The molecule has 0 radical (unpaired) electrons. The summed E-state index contributed by atoms with van der Waals surface area (Å²) in [6, 6.07) is 0. The number of nitrogens with zero attached hydrogens (tertiary/aromatic N) is 2. The third-order valence-corrected chi connectivity index (χ3v) is 1.63. The van der Waals surface area contributed by atoms with Crippen molar-refractivity contribution in [1.82, 2.24) is 4.98 Å². The van der Waals surface area contributed by atoms with Crippen LogP contribution in [0.3, 0.4) is 0 Å². The number of H-pyrrole nitrogens is 1. The summed E-state index contributed by atoms with van der Waals surface area (Å²) < 4.78 is 1.54. The molecule has 14 heavy (non-hydrogen) atoms. The van der Waals surface area contributed by atoms with E-state index in [2.05, 4.69) is 4.98 Å². The van der Waals surface area contributed by atoms with Crippen LogP contribution in [0.4, 0.5) is 5.82 Å². The fourth-order valence-electron chi connectivity index (χ4n) is 1.06. The Labute approximate surface area is 93.5 Å². The summed E-state index contributed by atoms with van der Waals surface area (Å²) in [5, 5.41) is 10.4. The normalized spacial score (nSPS) is 8.71. The molecular formula is C6H12Cl2N4O2. The molecule has 1 aromatic heterocycles. The zero-order chi connectivity index (χ0) is 9.14. The first-order valence-corrected chi connectivity index (χ1v) is 3.59. The molecule has 0 unspecified atom stereocenters. The second-order valence-electron chi connectivity index (χ2n) is 2.43. The van der Waals surface area contributed by atoms with Crippen LogP contribution in [0.1, 0.15) is 5.82 Å². The fourth-order valence-corrected chi connectivity index (χ4v) is 1.06. The van der Waals surface area contributed by atoms with Crippen LogP contribution < -0.4 is 22.7 Å². The maximum Gasteiger partial charge on any atom is 0.519 e. The van der Waals surface area contributed by atoms with Gasteiger partial charge in [-0.15, -0.1) is 17.0 Å². The molecule has 6 nitrogen and oxygen atoms in total. The molecule has 3 N–H and O–H groups in total. The molecule has 1 rings (SSSR count). The van der Waals surface area contributed by atoms with E-state index in [4.69, 9.17) is 5.73 Å². The largest absolute Gasteiger partial charge is 1.00 e. The number of rotatable bonds is 3. The fraction of sp³-hybridized carbons (Fsp3) is 0.500. The van der Waals surface area contributed by atoms with Crippen LogP contribution in [0.5, 0.6) is 0 Å². The number of aromatic amines is 1. The Balaban J connectivity index is 0. The number of halogens is 2. The first kappa shape index (κ1) is 15.6. The minimum absolute atomic E-state index is 0. The topological polar surface area (TPSA) is 88.8 Å². The molecule has 0 spiro atoms. The van der Waals surface area contributed by atoms with E-state index in [-0.39, 0.29) is 30.6 Å². The Morgan fingerprint density at radius 3 is 2.71 bits per heavy atom. The molecular weight excluding hydrogens is 231 g/mol. The highest BCUT2D eigenvalue weighted by Crippen LogP contribution is 2.02. The zero-order valence-corrected chi connectivity index (χ0v) is 9.14. The predicted octanol–water partition coefficient (Wildman–Crippen LogP) is -3.10. The van der Waals surface area contributed by atoms with Crippen molar-refractivity contribution in [1.29, 1.82) is 0 Å². The first-order chi connectivity index (χ1) is 5.66. The highest BCUT2D eigenvalue weighted by Gasteiger charge is 2.25. The molecule has 0 atom stereocenters. The van der Waals surface area contributed by atoms with Crippen LogP contribution in [0.15, 0.2) is 6.20 Å². The Kier molecular flexibility index (Phi) is 7.34. The molecule has 0 aromatic carbocycles. The molecule has 0 bridgehead atoms. The predicted molar refractivity (Wildman–Crippen MR) is 48.7 cm³/mol. The van der Waals surface area contributed by atoms with Gasteiger partial charge in [0.15, 0.2) is 12.7 Å². The zero-order valence-electron chi connectivity index (χ0n) is 7.57. The van der Waals surface area contributed by atoms with E-state index in [0.29, 0.717) is 13.1 Å². The number of hydrogen-bond acceptors (Lipinski definition) is 3. The van der Waals surface area contributed by atoms with Crippen LogP contribution in [-0.4, -0.2) is 16.5 Å². The number of nitrogens with two attached hydrogens (primary N) is 1. The quantitative estimate of drug-likeness (QED) is 0.335. The molecule has 0 aliphatic heterocycles. The highest BCUT2D eigenvalue weighted by molar-refractivity contribution is 5.85. The minimum Gasteiger partial charge on any atom is -1.00 e. The van der Waals surface area contributed by atoms with Crippen molar-refractivity contribution in [3.05, 3.63) is 22.1 Å². The summed E-state index contributed by atoms with van der Waals surface area (Å²) in [5.41, 5.74) is 5.30. The van der Waals surface area contributed by atoms with E-state index in [9.17, 15) is 10.1 Å². The lowest BCUT2D eigenvalue weighted by atomic mass is 10.5. The lowest BCUT2D eigenvalue weighted by Gasteiger charge is -1.89. The SMILES string of the molecule is Cc1[nH]cc([N+](=O)[O-])[n+]1CCN.Cl.[Cl-]. The highest BCUT2D eigenvalue weighted by atomic mass is 35.5. The van der Waals surface area contributed by atoms with Gasteiger partial charge >= 0.3 is 5.82 Å². The lowest BCUT2D eigenvalue weighted by Crippen LogP contribution is -3.00. The number of nitrogens with one attached hydrogen (secondary N) is 1. The maximum atomic E-state index is 10.4. The first-order valence-electron chi connectivity index (χ1n) is 3.59. The number of nitro groups is 1. The van der Waals surface area contributed by atoms with E-state index >= 15 is 0 Å². The van der Waals surface area contributed by atoms with Gasteiger partial charge in [0, 0.05) is 6.92 Å². The van der Waals surface area contributed by atoms with Crippen LogP contribution in [0.2, 0.25) is 0 Å². The average molecular weight is 243 g/mol. The van der Waals surface area contributed by atoms with Gasteiger partial charge in [0.1, 0.15) is 4.92 Å². The number of imidazole rings is 1. The number of aryl methyl sites for hydroxylation is 1. The van der Waals surface area contributed by atoms with Crippen molar-refractivity contribution < 1.29 is 21.9 Å². The van der Waals surface area contributed by atoms with Crippen molar-refractivity contribution in [3.8, 4) is 0 Å². The molecule has 8 heteroatoms. The molecule has 1 heterocycles. The Morgan fingerprint density at radius 1 is 1.71 bits per heavy atom. The van der Waals surface area contributed by atoms with Gasteiger partial charge in [0.05, 0.1) is 6.54 Å². The summed E-state index contributed by atoms with van der Waals surface area (Å²) in [7, 11) is 0. The van der Waals surface area contributed by atoms with E-state index in [1.807, 2.05) is 0 Å². The molecule has 1 aromatic rings. The van der Waals surface area contributed by atoms with Gasteiger partial charge in [-0.1, -0.05) is 0 Å².